The van der Waals surface area contributed by atoms with Crippen molar-refractivity contribution in [2.24, 2.45) is 0 Å². The Morgan fingerprint density at radius 3 is 2.84 bits per heavy atom. The molecular formula is C15H16N2O2. The van der Waals surface area contributed by atoms with Gasteiger partial charge in [-0.3, -0.25) is 9.78 Å². The molecule has 0 saturated carbocycles. The predicted octanol–water partition coefficient (Wildman–Crippen LogP) is 2.99. The number of carbonyl (C=O) groups excluding carboxylic acids is 1. The molecule has 0 aliphatic carbocycles. The zero-order chi connectivity index (χ0) is 13.7. The Morgan fingerprint density at radius 1 is 1.32 bits per heavy atom. The van der Waals surface area contributed by atoms with E-state index in [2.05, 4.69) is 17.2 Å². The van der Waals surface area contributed by atoms with E-state index in [4.69, 9.17) is 0 Å². The van der Waals surface area contributed by atoms with Gasteiger partial charge in [-0.25, -0.2) is 0 Å². The van der Waals surface area contributed by atoms with E-state index in [0.29, 0.717) is 5.56 Å². The first-order valence-corrected chi connectivity index (χ1v) is 6.24. The average molecular weight is 256 g/mol. The predicted molar refractivity (Wildman–Crippen MR) is 74.3 cm³/mol. The molecule has 0 bridgehead atoms. The van der Waals surface area contributed by atoms with Crippen LogP contribution >= 0.6 is 0 Å². The third-order valence-electron chi connectivity index (χ3n) is 2.77. The molecule has 2 aromatic rings. The van der Waals surface area contributed by atoms with Crippen molar-refractivity contribution < 1.29 is 9.90 Å². The number of aromatic hydroxyl groups is 1. The highest BCUT2D eigenvalue weighted by molar-refractivity contribution is 6.04. The number of hydrogen-bond acceptors (Lipinski definition) is 3. The van der Waals surface area contributed by atoms with Crippen molar-refractivity contribution in [3.63, 3.8) is 0 Å². The lowest BCUT2D eigenvalue weighted by Crippen LogP contribution is -2.13. The second kappa shape index (κ2) is 6.00. The molecule has 0 saturated heterocycles. The lowest BCUT2D eigenvalue weighted by Gasteiger charge is -2.10. The van der Waals surface area contributed by atoms with Crippen LogP contribution in [0.3, 0.4) is 0 Å². The zero-order valence-electron chi connectivity index (χ0n) is 10.8. The lowest BCUT2D eigenvalue weighted by atomic mass is 10.1. The SMILES string of the molecule is CCCc1ccccc1NC(=O)c1cncc(O)c1. The molecule has 19 heavy (non-hydrogen) atoms. The second-order valence-electron chi connectivity index (χ2n) is 4.29. The summed E-state index contributed by atoms with van der Waals surface area (Å²) >= 11 is 0. The Kier molecular flexibility index (Phi) is 4.13. The molecule has 0 atom stereocenters. The maximum absolute atomic E-state index is 12.1. The van der Waals surface area contributed by atoms with E-state index in [1.165, 1.54) is 18.5 Å². The van der Waals surface area contributed by atoms with Gasteiger partial charge in [0.2, 0.25) is 0 Å². The van der Waals surface area contributed by atoms with Gasteiger partial charge in [-0.1, -0.05) is 31.5 Å². The van der Waals surface area contributed by atoms with Crippen LogP contribution in [-0.2, 0) is 6.42 Å². The number of anilines is 1. The number of nitrogens with zero attached hydrogens (tertiary/aromatic N) is 1. The summed E-state index contributed by atoms with van der Waals surface area (Å²) in [4.78, 5) is 15.9. The van der Waals surface area contributed by atoms with E-state index in [1.807, 2.05) is 24.3 Å². The molecule has 2 rings (SSSR count). The van der Waals surface area contributed by atoms with Gasteiger partial charge in [0.15, 0.2) is 0 Å². The number of rotatable bonds is 4. The molecule has 4 nitrogen and oxygen atoms in total. The molecule has 1 aromatic carbocycles. The summed E-state index contributed by atoms with van der Waals surface area (Å²) in [7, 11) is 0. The van der Waals surface area contributed by atoms with Gasteiger partial charge in [0, 0.05) is 11.9 Å². The molecule has 1 aromatic heterocycles. The fraction of sp³-hybridized carbons (Fsp3) is 0.200. The van der Waals surface area contributed by atoms with Gasteiger partial charge >= 0.3 is 0 Å². The Hall–Kier alpha value is -2.36. The Labute approximate surface area is 112 Å². The highest BCUT2D eigenvalue weighted by atomic mass is 16.3. The van der Waals surface area contributed by atoms with E-state index < -0.39 is 0 Å². The van der Waals surface area contributed by atoms with Crippen molar-refractivity contribution in [1.82, 2.24) is 4.98 Å². The lowest BCUT2D eigenvalue weighted by molar-refractivity contribution is 0.102. The molecular weight excluding hydrogens is 240 g/mol. The van der Waals surface area contributed by atoms with Gasteiger partial charge in [0.1, 0.15) is 5.75 Å². The number of nitrogens with one attached hydrogen (secondary N) is 1. The van der Waals surface area contributed by atoms with Crippen molar-refractivity contribution in [2.45, 2.75) is 19.8 Å². The van der Waals surface area contributed by atoms with Crippen LogP contribution < -0.4 is 5.32 Å². The summed E-state index contributed by atoms with van der Waals surface area (Å²) in [5.74, 6) is -0.290. The van der Waals surface area contributed by atoms with Crippen LogP contribution in [0, 0.1) is 0 Å². The van der Waals surface area contributed by atoms with Gasteiger partial charge in [-0.05, 0) is 24.1 Å². The van der Waals surface area contributed by atoms with Crippen molar-refractivity contribution in [3.05, 3.63) is 53.9 Å². The number of benzene rings is 1. The number of pyridine rings is 1. The summed E-state index contributed by atoms with van der Waals surface area (Å²) < 4.78 is 0. The molecule has 0 radical (unpaired) electrons. The Balaban J connectivity index is 2.19. The number of hydrogen-bond donors (Lipinski definition) is 2. The molecule has 98 valence electrons. The molecule has 0 aliphatic rings. The van der Waals surface area contributed by atoms with Crippen molar-refractivity contribution in [1.29, 1.82) is 0 Å². The summed E-state index contributed by atoms with van der Waals surface area (Å²) in [6, 6.07) is 9.11. The first-order chi connectivity index (χ1) is 9.20. The second-order valence-corrected chi connectivity index (χ2v) is 4.29. The van der Waals surface area contributed by atoms with E-state index in [0.717, 1.165) is 24.1 Å². The number of para-hydroxylation sites is 1. The summed E-state index contributed by atoms with van der Waals surface area (Å²) in [6.45, 7) is 2.09. The fourth-order valence-corrected chi connectivity index (χ4v) is 1.88. The molecule has 0 unspecified atom stereocenters. The molecule has 1 amide bonds. The average Bonchev–Trinajstić information content (AvgIpc) is 2.41. The van der Waals surface area contributed by atoms with E-state index in [-0.39, 0.29) is 11.7 Å². The minimum atomic E-state index is -0.271. The number of amides is 1. The number of carbonyl (C=O) groups is 1. The van der Waals surface area contributed by atoms with Gasteiger partial charge in [-0.2, -0.15) is 0 Å². The van der Waals surface area contributed by atoms with Crippen LogP contribution in [0.2, 0.25) is 0 Å². The van der Waals surface area contributed by atoms with Crippen molar-refractivity contribution in [2.75, 3.05) is 5.32 Å². The first-order valence-electron chi connectivity index (χ1n) is 6.24. The van der Waals surface area contributed by atoms with Crippen LogP contribution in [0.1, 0.15) is 29.3 Å². The minimum absolute atomic E-state index is 0.0190. The normalized spacial score (nSPS) is 10.2. The standard InChI is InChI=1S/C15H16N2O2/c1-2-5-11-6-3-4-7-14(11)17-15(19)12-8-13(18)10-16-9-12/h3-4,6-10,18H,2,5H2,1H3,(H,17,19). The van der Waals surface area contributed by atoms with Crippen LogP contribution in [0.15, 0.2) is 42.7 Å². The van der Waals surface area contributed by atoms with Crippen LogP contribution in [-0.4, -0.2) is 16.0 Å². The largest absolute Gasteiger partial charge is 0.506 e. The smallest absolute Gasteiger partial charge is 0.257 e. The maximum Gasteiger partial charge on any atom is 0.257 e. The van der Waals surface area contributed by atoms with Crippen LogP contribution in [0.25, 0.3) is 0 Å². The summed E-state index contributed by atoms with van der Waals surface area (Å²) in [5.41, 5.74) is 2.25. The molecule has 0 spiro atoms. The monoisotopic (exact) mass is 256 g/mol. The first kappa shape index (κ1) is 13.1. The molecule has 2 N–H and O–H groups in total. The third-order valence-corrected chi connectivity index (χ3v) is 2.77. The van der Waals surface area contributed by atoms with Crippen LogP contribution in [0.4, 0.5) is 5.69 Å². The Morgan fingerprint density at radius 2 is 2.11 bits per heavy atom. The number of aryl methyl sites for hydroxylation is 1. The molecule has 1 heterocycles. The summed E-state index contributed by atoms with van der Waals surface area (Å²) in [5, 5.41) is 12.2. The Bertz CT molecular complexity index is 582. The molecule has 4 heteroatoms. The highest BCUT2D eigenvalue weighted by Crippen LogP contribution is 2.18. The van der Waals surface area contributed by atoms with Gasteiger partial charge in [0.25, 0.3) is 5.91 Å². The highest BCUT2D eigenvalue weighted by Gasteiger charge is 2.09. The maximum atomic E-state index is 12.1. The minimum Gasteiger partial charge on any atom is -0.506 e. The number of aromatic nitrogens is 1. The molecule has 0 aliphatic heterocycles. The van der Waals surface area contributed by atoms with Gasteiger partial charge in [0.05, 0.1) is 11.8 Å². The van der Waals surface area contributed by atoms with E-state index in [9.17, 15) is 9.90 Å². The molecule has 0 fully saturated rings. The zero-order valence-corrected chi connectivity index (χ0v) is 10.8. The fourth-order valence-electron chi connectivity index (χ4n) is 1.88. The van der Waals surface area contributed by atoms with Crippen molar-refractivity contribution in [3.8, 4) is 5.75 Å². The van der Waals surface area contributed by atoms with E-state index >= 15 is 0 Å². The third kappa shape index (κ3) is 3.31. The topological polar surface area (TPSA) is 62.2 Å². The van der Waals surface area contributed by atoms with Crippen molar-refractivity contribution >= 4 is 11.6 Å². The summed E-state index contributed by atoms with van der Waals surface area (Å²) in [6.07, 6.45) is 4.65. The van der Waals surface area contributed by atoms with Gasteiger partial charge in [-0.15, -0.1) is 0 Å². The van der Waals surface area contributed by atoms with Crippen LogP contribution in [0.5, 0.6) is 5.75 Å². The van der Waals surface area contributed by atoms with Gasteiger partial charge < -0.3 is 10.4 Å². The quantitative estimate of drug-likeness (QED) is 0.884. The van der Waals surface area contributed by atoms with E-state index in [1.54, 1.807) is 0 Å².